The molecule has 1 aliphatic rings. The summed E-state index contributed by atoms with van der Waals surface area (Å²) in [4.78, 5) is 16.0. The maximum Gasteiger partial charge on any atom is 0.241 e. The van der Waals surface area contributed by atoms with Crippen molar-refractivity contribution in [2.45, 2.75) is 26.3 Å². The molecular formula is C16H24BrN3O. The number of carbonyl (C=O) groups excluding carboxylic acids is 1. The first-order valence-electron chi connectivity index (χ1n) is 7.54. The van der Waals surface area contributed by atoms with Crippen LogP contribution in [-0.2, 0) is 4.79 Å². The number of halogens is 1. The molecule has 0 aliphatic carbocycles. The van der Waals surface area contributed by atoms with Gasteiger partial charge in [-0.15, -0.1) is 0 Å². The highest BCUT2D eigenvalue weighted by atomic mass is 79.9. The van der Waals surface area contributed by atoms with Crippen LogP contribution in [0.4, 0.5) is 5.69 Å². The van der Waals surface area contributed by atoms with E-state index < -0.39 is 0 Å². The van der Waals surface area contributed by atoms with E-state index in [2.05, 4.69) is 58.2 Å². The van der Waals surface area contributed by atoms with Gasteiger partial charge in [-0.2, -0.15) is 0 Å². The molecule has 21 heavy (non-hydrogen) atoms. The number of likely N-dealkylation sites (N-methyl/N-ethyl adjacent to an activating group) is 1. The minimum absolute atomic E-state index is 0.182. The Morgan fingerprint density at radius 1 is 1.38 bits per heavy atom. The van der Waals surface area contributed by atoms with Crippen LogP contribution in [0.25, 0.3) is 0 Å². The maximum absolute atomic E-state index is 12.0. The van der Waals surface area contributed by atoms with Crippen molar-refractivity contribution in [1.29, 1.82) is 0 Å². The smallest absolute Gasteiger partial charge is 0.241 e. The average molecular weight is 354 g/mol. The van der Waals surface area contributed by atoms with Crippen LogP contribution >= 0.6 is 15.9 Å². The van der Waals surface area contributed by atoms with Crippen LogP contribution in [0.5, 0.6) is 0 Å². The van der Waals surface area contributed by atoms with E-state index in [1.165, 1.54) is 5.56 Å². The Bertz CT molecular complexity index is 506. The number of carbonyl (C=O) groups is 1. The molecule has 1 aromatic carbocycles. The third-order valence-electron chi connectivity index (χ3n) is 3.96. The van der Waals surface area contributed by atoms with Crippen molar-refractivity contribution in [3.05, 3.63) is 28.2 Å². The van der Waals surface area contributed by atoms with E-state index in [1.54, 1.807) is 4.90 Å². The summed E-state index contributed by atoms with van der Waals surface area (Å²) in [6, 6.07) is 6.62. The maximum atomic E-state index is 12.0. The fourth-order valence-electron chi connectivity index (χ4n) is 2.59. The summed E-state index contributed by atoms with van der Waals surface area (Å²) < 4.78 is 1.05. The Morgan fingerprint density at radius 2 is 2.14 bits per heavy atom. The van der Waals surface area contributed by atoms with Gasteiger partial charge < -0.3 is 15.1 Å². The van der Waals surface area contributed by atoms with E-state index in [0.717, 1.165) is 36.2 Å². The van der Waals surface area contributed by atoms with Gasteiger partial charge in [0.15, 0.2) is 0 Å². The molecule has 1 fully saturated rings. The summed E-state index contributed by atoms with van der Waals surface area (Å²) in [7, 11) is 1.87. The molecule has 1 heterocycles. The van der Waals surface area contributed by atoms with E-state index in [1.807, 2.05) is 7.05 Å². The molecule has 1 aliphatic heterocycles. The molecule has 5 heteroatoms. The number of amides is 1. The highest BCUT2D eigenvalue weighted by Gasteiger charge is 2.24. The SMILES string of the molecule is CCCNC(C)c1ccc(Br)cc1N1CCN(C)C(=O)C1. The highest BCUT2D eigenvalue weighted by molar-refractivity contribution is 9.10. The lowest BCUT2D eigenvalue weighted by molar-refractivity contribution is -0.129. The van der Waals surface area contributed by atoms with Crippen molar-refractivity contribution in [2.24, 2.45) is 0 Å². The molecule has 0 radical (unpaired) electrons. The minimum atomic E-state index is 0.182. The summed E-state index contributed by atoms with van der Waals surface area (Å²) in [5.41, 5.74) is 2.41. The first-order valence-corrected chi connectivity index (χ1v) is 8.34. The standard InChI is InChI=1S/C16H24BrN3O/c1-4-7-18-12(2)14-6-5-13(17)10-15(14)20-9-8-19(3)16(21)11-20/h5-6,10,12,18H,4,7-9,11H2,1-3H3. The summed E-state index contributed by atoms with van der Waals surface area (Å²) in [5, 5.41) is 3.53. The molecular weight excluding hydrogens is 330 g/mol. The van der Waals surface area contributed by atoms with Crippen LogP contribution in [0.3, 0.4) is 0 Å². The molecule has 2 rings (SSSR count). The first-order chi connectivity index (χ1) is 10.0. The van der Waals surface area contributed by atoms with Gasteiger partial charge >= 0.3 is 0 Å². The molecule has 1 atom stereocenters. The van der Waals surface area contributed by atoms with Crippen LogP contribution in [0.15, 0.2) is 22.7 Å². The number of anilines is 1. The zero-order valence-corrected chi connectivity index (χ0v) is 14.6. The number of nitrogens with one attached hydrogen (secondary N) is 1. The summed E-state index contributed by atoms with van der Waals surface area (Å²) in [6.45, 7) is 7.47. The number of nitrogens with zero attached hydrogens (tertiary/aromatic N) is 2. The fourth-order valence-corrected chi connectivity index (χ4v) is 2.94. The van der Waals surface area contributed by atoms with Gasteiger partial charge in [0.25, 0.3) is 0 Å². The highest BCUT2D eigenvalue weighted by Crippen LogP contribution is 2.30. The second-order valence-corrected chi connectivity index (χ2v) is 6.53. The van der Waals surface area contributed by atoms with Crippen LogP contribution in [0.2, 0.25) is 0 Å². The van der Waals surface area contributed by atoms with Gasteiger partial charge in [0.05, 0.1) is 6.54 Å². The number of hydrogen-bond donors (Lipinski definition) is 1. The van der Waals surface area contributed by atoms with Gasteiger partial charge in [0.1, 0.15) is 0 Å². The Kier molecular flexibility index (Phi) is 5.65. The topological polar surface area (TPSA) is 35.6 Å². The second-order valence-electron chi connectivity index (χ2n) is 5.62. The zero-order valence-electron chi connectivity index (χ0n) is 13.0. The minimum Gasteiger partial charge on any atom is -0.360 e. The normalized spacial score (nSPS) is 17.2. The predicted molar refractivity (Wildman–Crippen MR) is 90.7 cm³/mol. The van der Waals surface area contributed by atoms with Gasteiger partial charge in [-0.1, -0.05) is 28.9 Å². The molecule has 1 aromatic rings. The molecule has 1 amide bonds. The third-order valence-corrected chi connectivity index (χ3v) is 4.45. The monoisotopic (exact) mass is 353 g/mol. The van der Waals surface area contributed by atoms with Crippen LogP contribution in [-0.4, -0.2) is 44.0 Å². The Hall–Kier alpha value is -1.07. The lowest BCUT2D eigenvalue weighted by atomic mass is 10.0. The number of benzene rings is 1. The lowest BCUT2D eigenvalue weighted by Crippen LogP contribution is -2.49. The van der Waals surface area contributed by atoms with Gasteiger partial charge in [0, 0.05) is 36.3 Å². The summed E-state index contributed by atoms with van der Waals surface area (Å²) in [6.07, 6.45) is 1.11. The molecule has 0 spiro atoms. The van der Waals surface area contributed by atoms with Crippen molar-refractivity contribution in [1.82, 2.24) is 10.2 Å². The first kappa shape index (κ1) is 16.3. The van der Waals surface area contributed by atoms with Gasteiger partial charge in [-0.3, -0.25) is 4.79 Å². The lowest BCUT2D eigenvalue weighted by Gasteiger charge is -2.35. The van der Waals surface area contributed by atoms with Crippen molar-refractivity contribution in [3.8, 4) is 0 Å². The van der Waals surface area contributed by atoms with E-state index in [9.17, 15) is 4.79 Å². The Balaban J connectivity index is 2.24. The summed E-state index contributed by atoms with van der Waals surface area (Å²) in [5.74, 6) is 0.182. The number of rotatable bonds is 5. The van der Waals surface area contributed by atoms with Crippen molar-refractivity contribution >= 4 is 27.5 Å². The molecule has 116 valence electrons. The van der Waals surface area contributed by atoms with Gasteiger partial charge in [-0.05, 0) is 37.6 Å². The van der Waals surface area contributed by atoms with E-state index >= 15 is 0 Å². The van der Waals surface area contributed by atoms with Crippen molar-refractivity contribution in [2.75, 3.05) is 38.1 Å². The van der Waals surface area contributed by atoms with E-state index in [4.69, 9.17) is 0 Å². The quantitative estimate of drug-likeness (QED) is 0.883. The molecule has 1 N–H and O–H groups in total. The van der Waals surface area contributed by atoms with Gasteiger partial charge in [-0.25, -0.2) is 0 Å². The average Bonchev–Trinajstić information content (AvgIpc) is 2.47. The molecule has 0 bridgehead atoms. The fraction of sp³-hybridized carbons (Fsp3) is 0.562. The molecule has 0 saturated carbocycles. The molecule has 1 saturated heterocycles. The predicted octanol–water partition coefficient (Wildman–Crippen LogP) is 2.79. The largest absolute Gasteiger partial charge is 0.360 e. The van der Waals surface area contributed by atoms with Crippen LogP contribution in [0, 0.1) is 0 Å². The Labute approximate surface area is 135 Å². The second kappa shape index (κ2) is 7.27. The van der Waals surface area contributed by atoms with E-state index in [0.29, 0.717) is 6.54 Å². The molecule has 4 nitrogen and oxygen atoms in total. The van der Waals surface area contributed by atoms with Crippen molar-refractivity contribution < 1.29 is 4.79 Å². The number of piperazine rings is 1. The zero-order chi connectivity index (χ0) is 15.4. The van der Waals surface area contributed by atoms with Crippen molar-refractivity contribution in [3.63, 3.8) is 0 Å². The van der Waals surface area contributed by atoms with Gasteiger partial charge in [0.2, 0.25) is 5.91 Å². The van der Waals surface area contributed by atoms with E-state index in [-0.39, 0.29) is 11.9 Å². The van der Waals surface area contributed by atoms with Crippen LogP contribution < -0.4 is 10.2 Å². The Morgan fingerprint density at radius 3 is 2.81 bits per heavy atom. The molecule has 0 aromatic heterocycles. The molecule has 1 unspecified atom stereocenters. The third kappa shape index (κ3) is 3.98. The number of hydrogen-bond acceptors (Lipinski definition) is 3. The van der Waals surface area contributed by atoms with Crippen LogP contribution in [0.1, 0.15) is 31.9 Å². The summed E-state index contributed by atoms with van der Waals surface area (Å²) >= 11 is 3.55.